The van der Waals surface area contributed by atoms with Gasteiger partial charge in [-0.15, -0.1) is 0 Å². The van der Waals surface area contributed by atoms with E-state index in [1.54, 1.807) is 72.9 Å². The van der Waals surface area contributed by atoms with Crippen LogP contribution in [0.25, 0.3) is 5.65 Å². The summed E-state index contributed by atoms with van der Waals surface area (Å²) in [6.07, 6.45) is 3.12. The minimum Gasteiger partial charge on any atom is -0.339 e. The molecule has 2 aromatic heterocycles. The molecule has 0 unspecified atom stereocenters. The summed E-state index contributed by atoms with van der Waals surface area (Å²) in [4.78, 5) is 44.7. The van der Waals surface area contributed by atoms with Gasteiger partial charge in [0, 0.05) is 43.3 Å². The predicted octanol–water partition coefficient (Wildman–Crippen LogP) is 4.11. The predicted molar refractivity (Wildman–Crippen MR) is 133 cm³/mol. The van der Waals surface area contributed by atoms with E-state index in [1.807, 2.05) is 0 Å². The van der Waals surface area contributed by atoms with E-state index in [9.17, 15) is 14.4 Å². The third-order valence-corrected chi connectivity index (χ3v) is 4.77. The first-order valence-corrected chi connectivity index (χ1v) is 10.5. The van der Waals surface area contributed by atoms with E-state index >= 15 is 0 Å². The maximum Gasteiger partial charge on any atom is 0.268 e. The Kier molecular flexibility index (Phi) is 6.45. The number of aliphatic imine (C=N–C) groups is 1. The number of hydrogen-bond acceptors (Lipinski definition) is 6. The maximum absolute atomic E-state index is 13.2. The standard InChI is InChI=1S/C25H22N6O3/c1-16(32)27-19-8-6-18(7-9-19)26-15-22-24(30-23-5-3-4-14-31(23)25(22)34)29-21-12-10-20(11-13-21)28-17(2)33/h3-15,29H,1-2H3,(H,27,32)(H,28,33)/b26-15+. The quantitative estimate of drug-likeness (QED) is 0.379. The molecule has 0 aliphatic rings. The van der Waals surface area contributed by atoms with Crippen molar-refractivity contribution in [1.29, 1.82) is 0 Å². The van der Waals surface area contributed by atoms with Crippen LogP contribution in [0.15, 0.2) is 82.7 Å². The van der Waals surface area contributed by atoms with Gasteiger partial charge < -0.3 is 16.0 Å². The average molecular weight is 454 g/mol. The molecule has 0 saturated carbocycles. The van der Waals surface area contributed by atoms with Crippen LogP contribution in [0.5, 0.6) is 0 Å². The smallest absolute Gasteiger partial charge is 0.268 e. The first-order chi connectivity index (χ1) is 16.4. The van der Waals surface area contributed by atoms with E-state index in [0.29, 0.717) is 34.2 Å². The fraction of sp³-hybridized carbons (Fsp3) is 0.0800. The van der Waals surface area contributed by atoms with Gasteiger partial charge in [0.05, 0.1) is 5.69 Å². The molecule has 0 aliphatic carbocycles. The van der Waals surface area contributed by atoms with Gasteiger partial charge in [-0.3, -0.25) is 23.8 Å². The van der Waals surface area contributed by atoms with Gasteiger partial charge in [0.15, 0.2) is 0 Å². The number of fused-ring (bicyclic) bond motifs is 1. The highest BCUT2D eigenvalue weighted by Gasteiger charge is 2.12. The molecule has 0 radical (unpaired) electrons. The lowest BCUT2D eigenvalue weighted by molar-refractivity contribution is -0.115. The zero-order valence-electron chi connectivity index (χ0n) is 18.6. The Labute approximate surface area is 195 Å². The summed E-state index contributed by atoms with van der Waals surface area (Å²) in [5.74, 6) is 0.0305. The maximum atomic E-state index is 13.2. The topological polar surface area (TPSA) is 117 Å². The Morgan fingerprint density at radius 1 is 0.853 bits per heavy atom. The SMILES string of the molecule is CC(=O)Nc1ccc(/N=C/c2c(Nc3ccc(NC(C)=O)cc3)nc3ccccn3c2=O)cc1. The zero-order chi connectivity index (χ0) is 24.1. The van der Waals surface area contributed by atoms with Crippen molar-refractivity contribution in [3.8, 4) is 0 Å². The summed E-state index contributed by atoms with van der Waals surface area (Å²) in [5, 5.41) is 8.59. The number of nitrogens with zero attached hydrogens (tertiary/aromatic N) is 3. The number of hydrogen-bond donors (Lipinski definition) is 3. The van der Waals surface area contributed by atoms with Crippen molar-refractivity contribution in [3.05, 3.63) is 88.8 Å². The molecule has 0 fully saturated rings. The molecule has 2 amide bonds. The van der Waals surface area contributed by atoms with E-state index < -0.39 is 0 Å². The first kappa shape index (κ1) is 22.4. The molecular formula is C25H22N6O3. The fourth-order valence-corrected chi connectivity index (χ4v) is 3.26. The lowest BCUT2D eigenvalue weighted by Gasteiger charge is -2.11. The van der Waals surface area contributed by atoms with Crippen molar-refractivity contribution in [1.82, 2.24) is 9.38 Å². The highest BCUT2D eigenvalue weighted by Crippen LogP contribution is 2.21. The lowest BCUT2D eigenvalue weighted by Crippen LogP contribution is -2.21. The Hall–Kier alpha value is -4.79. The molecule has 4 rings (SSSR count). The zero-order valence-corrected chi connectivity index (χ0v) is 18.6. The number of aromatic nitrogens is 2. The lowest BCUT2D eigenvalue weighted by atomic mass is 10.2. The van der Waals surface area contributed by atoms with Crippen molar-refractivity contribution in [2.24, 2.45) is 4.99 Å². The second kappa shape index (κ2) is 9.78. The van der Waals surface area contributed by atoms with Crippen molar-refractivity contribution in [3.63, 3.8) is 0 Å². The summed E-state index contributed by atoms with van der Waals surface area (Å²) in [6, 6.07) is 19.3. The number of pyridine rings is 1. The monoisotopic (exact) mass is 454 g/mol. The van der Waals surface area contributed by atoms with Gasteiger partial charge >= 0.3 is 0 Å². The number of carbonyl (C=O) groups is 2. The number of amides is 2. The summed E-state index contributed by atoms with van der Waals surface area (Å²) in [5.41, 5.74) is 3.11. The van der Waals surface area contributed by atoms with Crippen LogP contribution in [-0.2, 0) is 9.59 Å². The molecule has 2 heterocycles. The minimum absolute atomic E-state index is 0.159. The van der Waals surface area contributed by atoms with Crippen molar-refractivity contribution >= 4 is 52.2 Å². The summed E-state index contributed by atoms with van der Waals surface area (Å²) >= 11 is 0. The molecule has 0 bridgehead atoms. The average Bonchev–Trinajstić information content (AvgIpc) is 2.80. The molecule has 34 heavy (non-hydrogen) atoms. The second-order valence-corrected chi connectivity index (χ2v) is 7.48. The van der Waals surface area contributed by atoms with E-state index in [4.69, 9.17) is 0 Å². The summed E-state index contributed by atoms with van der Waals surface area (Å²) < 4.78 is 1.45. The Balaban J connectivity index is 1.68. The molecule has 9 heteroatoms. The molecule has 0 saturated heterocycles. The minimum atomic E-state index is -0.276. The van der Waals surface area contributed by atoms with E-state index in [2.05, 4.69) is 25.9 Å². The van der Waals surface area contributed by atoms with Crippen LogP contribution < -0.4 is 21.5 Å². The van der Waals surface area contributed by atoms with Crippen LogP contribution in [0.2, 0.25) is 0 Å². The van der Waals surface area contributed by atoms with Crippen LogP contribution in [0.3, 0.4) is 0 Å². The molecule has 0 atom stereocenters. The van der Waals surface area contributed by atoms with Gasteiger partial charge in [-0.2, -0.15) is 0 Å². The third-order valence-electron chi connectivity index (χ3n) is 4.77. The van der Waals surface area contributed by atoms with Crippen LogP contribution >= 0.6 is 0 Å². The van der Waals surface area contributed by atoms with Crippen LogP contribution in [0, 0.1) is 0 Å². The largest absolute Gasteiger partial charge is 0.339 e. The fourth-order valence-electron chi connectivity index (χ4n) is 3.26. The summed E-state index contributed by atoms with van der Waals surface area (Å²) in [7, 11) is 0. The van der Waals surface area contributed by atoms with Gasteiger partial charge in [0.2, 0.25) is 11.8 Å². The van der Waals surface area contributed by atoms with Crippen molar-refractivity contribution in [2.75, 3.05) is 16.0 Å². The highest BCUT2D eigenvalue weighted by molar-refractivity contribution is 5.91. The number of anilines is 4. The van der Waals surface area contributed by atoms with E-state index in [0.717, 1.165) is 0 Å². The molecule has 4 aromatic rings. The molecule has 9 nitrogen and oxygen atoms in total. The molecule has 170 valence electrons. The Bertz CT molecular complexity index is 1440. The van der Waals surface area contributed by atoms with E-state index in [1.165, 1.54) is 24.5 Å². The number of rotatable bonds is 6. The second-order valence-electron chi connectivity index (χ2n) is 7.48. The number of carbonyl (C=O) groups excluding carboxylic acids is 2. The first-order valence-electron chi connectivity index (χ1n) is 10.5. The summed E-state index contributed by atoms with van der Waals surface area (Å²) in [6.45, 7) is 2.88. The number of nitrogens with one attached hydrogen (secondary N) is 3. The van der Waals surface area contributed by atoms with Gasteiger partial charge in [-0.25, -0.2) is 4.98 Å². The van der Waals surface area contributed by atoms with Gasteiger partial charge in [0.1, 0.15) is 17.0 Å². The van der Waals surface area contributed by atoms with Crippen molar-refractivity contribution in [2.45, 2.75) is 13.8 Å². The van der Waals surface area contributed by atoms with Gasteiger partial charge in [0.25, 0.3) is 5.56 Å². The van der Waals surface area contributed by atoms with Crippen LogP contribution in [-0.4, -0.2) is 27.4 Å². The van der Waals surface area contributed by atoms with Gasteiger partial charge in [-0.1, -0.05) is 6.07 Å². The Morgan fingerprint density at radius 2 is 1.44 bits per heavy atom. The molecule has 2 aromatic carbocycles. The van der Waals surface area contributed by atoms with E-state index in [-0.39, 0.29) is 22.9 Å². The molecular weight excluding hydrogens is 432 g/mol. The van der Waals surface area contributed by atoms with Crippen LogP contribution in [0.1, 0.15) is 19.4 Å². The molecule has 0 aliphatic heterocycles. The third kappa shape index (κ3) is 5.33. The molecule has 0 spiro atoms. The van der Waals surface area contributed by atoms with Crippen molar-refractivity contribution < 1.29 is 9.59 Å². The number of benzene rings is 2. The van der Waals surface area contributed by atoms with Gasteiger partial charge in [-0.05, 0) is 60.7 Å². The Morgan fingerprint density at radius 3 is 2.06 bits per heavy atom. The molecule has 3 N–H and O–H groups in total. The normalized spacial score (nSPS) is 10.9. The van der Waals surface area contributed by atoms with Crippen LogP contribution in [0.4, 0.5) is 28.6 Å². The highest BCUT2D eigenvalue weighted by atomic mass is 16.2.